The second kappa shape index (κ2) is 10.0. The number of nitrogens with zero attached hydrogens (tertiary/aromatic N) is 2. The van der Waals surface area contributed by atoms with Crippen LogP contribution in [0.4, 0.5) is 0 Å². The van der Waals surface area contributed by atoms with E-state index in [0.717, 1.165) is 49.2 Å². The summed E-state index contributed by atoms with van der Waals surface area (Å²) in [5, 5.41) is 3.96. The molecule has 0 radical (unpaired) electrons. The molecule has 24 heavy (non-hydrogen) atoms. The van der Waals surface area contributed by atoms with Crippen molar-refractivity contribution >= 4 is 42.1 Å². The van der Waals surface area contributed by atoms with Gasteiger partial charge in [0.25, 0.3) is 5.91 Å². The summed E-state index contributed by atoms with van der Waals surface area (Å²) in [4.78, 5) is 19.5. The fourth-order valence-electron chi connectivity index (χ4n) is 2.82. The van der Waals surface area contributed by atoms with Gasteiger partial charge < -0.3 is 14.6 Å². The lowest BCUT2D eigenvalue weighted by molar-refractivity contribution is 0.0692. The number of piperidine rings is 1. The molecule has 0 spiro atoms. The highest BCUT2D eigenvalue weighted by atomic mass is 35.5. The first-order chi connectivity index (χ1) is 10.8. The number of hydrogen-bond acceptors (Lipinski definition) is 5. The maximum Gasteiger partial charge on any atom is 0.265 e. The lowest BCUT2D eigenvalue weighted by atomic mass is 9.93. The van der Waals surface area contributed by atoms with Crippen molar-refractivity contribution < 1.29 is 9.21 Å². The number of furan rings is 1. The number of thiazole rings is 1. The van der Waals surface area contributed by atoms with E-state index >= 15 is 0 Å². The summed E-state index contributed by atoms with van der Waals surface area (Å²) in [6, 6.07) is 3.69. The highest BCUT2D eigenvalue weighted by molar-refractivity contribution is 7.16. The predicted molar refractivity (Wildman–Crippen MR) is 101 cm³/mol. The van der Waals surface area contributed by atoms with Gasteiger partial charge in [-0.15, -0.1) is 36.2 Å². The van der Waals surface area contributed by atoms with Crippen molar-refractivity contribution in [3.05, 3.63) is 29.5 Å². The number of nitrogens with one attached hydrogen (secondary N) is 1. The molecule has 8 heteroatoms. The lowest BCUT2D eigenvalue weighted by Gasteiger charge is -2.31. The minimum absolute atomic E-state index is 0. The molecule has 1 N–H and O–H groups in total. The normalized spacial score (nSPS) is 14.8. The Balaban J connectivity index is 0.00000144. The Hall–Kier alpha value is -1.08. The molecule has 3 rings (SSSR count). The van der Waals surface area contributed by atoms with Crippen molar-refractivity contribution in [2.45, 2.75) is 19.3 Å². The summed E-state index contributed by atoms with van der Waals surface area (Å²) in [7, 11) is 1.99. The van der Waals surface area contributed by atoms with Crippen molar-refractivity contribution in [2.24, 2.45) is 5.92 Å². The van der Waals surface area contributed by atoms with Gasteiger partial charge in [0.15, 0.2) is 10.8 Å². The van der Waals surface area contributed by atoms with E-state index in [1.807, 2.05) is 24.1 Å². The van der Waals surface area contributed by atoms with Crippen molar-refractivity contribution in [3.63, 3.8) is 0 Å². The number of likely N-dealkylation sites (tertiary alicyclic amines) is 1. The van der Waals surface area contributed by atoms with Gasteiger partial charge in [-0.05, 0) is 50.9 Å². The van der Waals surface area contributed by atoms with E-state index in [4.69, 9.17) is 4.42 Å². The Morgan fingerprint density at radius 2 is 2.17 bits per heavy atom. The molecule has 0 aromatic carbocycles. The van der Waals surface area contributed by atoms with Gasteiger partial charge in [-0.25, -0.2) is 4.98 Å². The lowest BCUT2D eigenvalue weighted by Crippen LogP contribution is -2.38. The van der Waals surface area contributed by atoms with Crippen LogP contribution >= 0.6 is 36.2 Å². The topological polar surface area (TPSA) is 58.4 Å². The second-order valence-electron chi connectivity index (χ2n) is 5.63. The zero-order chi connectivity index (χ0) is 15.4. The number of aromatic nitrogens is 1. The average molecular weight is 392 g/mol. The average Bonchev–Trinajstić information content (AvgIpc) is 3.23. The summed E-state index contributed by atoms with van der Waals surface area (Å²) >= 11 is 1.40. The van der Waals surface area contributed by atoms with Crippen molar-refractivity contribution in [3.8, 4) is 10.8 Å². The molecule has 0 aliphatic carbocycles. The van der Waals surface area contributed by atoms with Crippen LogP contribution in [0.2, 0.25) is 0 Å². The Labute approximate surface area is 158 Å². The predicted octanol–water partition coefficient (Wildman–Crippen LogP) is 3.71. The Bertz CT molecular complexity index is 611. The van der Waals surface area contributed by atoms with Crippen LogP contribution in [0, 0.1) is 5.92 Å². The van der Waals surface area contributed by atoms with Crippen LogP contribution in [-0.4, -0.2) is 42.5 Å². The maximum atomic E-state index is 12.6. The van der Waals surface area contributed by atoms with Crippen LogP contribution < -0.4 is 5.32 Å². The molecule has 1 fully saturated rings. The van der Waals surface area contributed by atoms with E-state index in [1.54, 1.807) is 12.5 Å². The molecule has 2 aromatic rings. The smallest absolute Gasteiger partial charge is 0.265 e. The summed E-state index contributed by atoms with van der Waals surface area (Å²) in [5.41, 5.74) is 0. The molecule has 0 unspecified atom stereocenters. The second-order valence-corrected chi connectivity index (χ2v) is 6.67. The molecule has 0 atom stereocenters. The molecule has 134 valence electrons. The first-order valence-electron chi connectivity index (χ1n) is 7.71. The van der Waals surface area contributed by atoms with Gasteiger partial charge in [0.05, 0.1) is 12.5 Å². The maximum absolute atomic E-state index is 12.6. The standard InChI is InChI=1S/C16H21N3O2S.2ClH/c1-17-7-4-12-5-8-19(9-6-12)16(20)14-11-18-15(22-14)13-3-2-10-21-13;;/h2-3,10-12,17H,4-9H2,1H3;2*1H. The molecule has 1 saturated heterocycles. The molecular weight excluding hydrogens is 369 g/mol. The van der Waals surface area contributed by atoms with E-state index in [9.17, 15) is 4.79 Å². The number of rotatable bonds is 5. The first kappa shape index (κ1) is 21.0. The van der Waals surface area contributed by atoms with Gasteiger partial charge in [0.2, 0.25) is 0 Å². The number of carbonyl (C=O) groups is 1. The van der Waals surface area contributed by atoms with Gasteiger partial charge in [-0.3, -0.25) is 4.79 Å². The van der Waals surface area contributed by atoms with Crippen LogP contribution in [0.25, 0.3) is 10.8 Å². The van der Waals surface area contributed by atoms with E-state index in [2.05, 4.69) is 10.3 Å². The third-order valence-corrected chi connectivity index (χ3v) is 5.15. The largest absolute Gasteiger partial charge is 0.462 e. The molecule has 1 aliphatic heterocycles. The Morgan fingerprint density at radius 1 is 1.42 bits per heavy atom. The summed E-state index contributed by atoms with van der Waals surface area (Å²) in [6.45, 7) is 2.75. The molecule has 5 nitrogen and oxygen atoms in total. The van der Waals surface area contributed by atoms with E-state index in [1.165, 1.54) is 17.8 Å². The van der Waals surface area contributed by atoms with Crippen molar-refractivity contribution in [1.82, 2.24) is 15.2 Å². The number of carbonyl (C=O) groups excluding carboxylic acids is 1. The fourth-order valence-corrected chi connectivity index (χ4v) is 3.67. The minimum atomic E-state index is 0. The summed E-state index contributed by atoms with van der Waals surface area (Å²) in [6.07, 6.45) is 6.67. The quantitative estimate of drug-likeness (QED) is 0.843. The molecule has 3 heterocycles. The molecule has 1 aliphatic rings. The third kappa shape index (κ3) is 4.96. The summed E-state index contributed by atoms with van der Waals surface area (Å²) < 4.78 is 5.33. The van der Waals surface area contributed by atoms with Crippen molar-refractivity contribution in [1.29, 1.82) is 0 Å². The third-order valence-electron chi connectivity index (χ3n) is 4.15. The van der Waals surface area contributed by atoms with Crippen LogP contribution in [0.5, 0.6) is 0 Å². The van der Waals surface area contributed by atoms with Crippen LogP contribution in [0.15, 0.2) is 29.0 Å². The Kier molecular flexibility index (Phi) is 8.76. The summed E-state index contributed by atoms with van der Waals surface area (Å²) in [5.74, 6) is 1.55. The number of halogens is 2. The molecule has 2 aromatic heterocycles. The van der Waals surface area contributed by atoms with Crippen LogP contribution in [0.1, 0.15) is 28.9 Å². The molecular formula is C16H23Cl2N3O2S. The van der Waals surface area contributed by atoms with Gasteiger partial charge >= 0.3 is 0 Å². The highest BCUT2D eigenvalue weighted by Crippen LogP contribution is 2.28. The number of hydrogen-bond donors (Lipinski definition) is 1. The molecule has 0 saturated carbocycles. The zero-order valence-corrected chi connectivity index (χ0v) is 16.0. The van der Waals surface area contributed by atoms with Gasteiger partial charge in [0, 0.05) is 13.1 Å². The van der Waals surface area contributed by atoms with Gasteiger partial charge in [-0.2, -0.15) is 0 Å². The highest BCUT2D eigenvalue weighted by Gasteiger charge is 2.25. The van der Waals surface area contributed by atoms with E-state index in [0.29, 0.717) is 4.88 Å². The number of amides is 1. The molecule has 0 bridgehead atoms. The first-order valence-corrected chi connectivity index (χ1v) is 8.53. The van der Waals surface area contributed by atoms with E-state index in [-0.39, 0.29) is 30.7 Å². The SMILES string of the molecule is CNCCC1CCN(C(=O)c2cnc(-c3ccco3)s2)CC1.Cl.Cl. The van der Waals surface area contributed by atoms with Gasteiger partial charge in [0.1, 0.15) is 4.88 Å². The zero-order valence-electron chi connectivity index (χ0n) is 13.6. The van der Waals surface area contributed by atoms with Crippen LogP contribution in [-0.2, 0) is 0 Å². The molecule has 1 amide bonds. The van der Waals surface area contributed by atoms with E-state index < -0.39 is 0 Å². The monoisotopic (exact) mass is 391 g/mol. The fraction of sp³-hybridized carbons (Fsp3) is 0.500. The van der Waals surface area contributed by atoms with Crippen LogP contribution in [0.3, 0.4) is 0 Å². The van der Waals surface area contributed by atoms with Gasteiger partial charge in [-0.1, -0.05) is 0 Å². The van der Waals surface area contributed by atoms with Crippen molar-refractivity contribution in [2.75, 3.05) is 26.7 Å². The Morgan fingerprint density at radius 3 is 2.79 bits per heavy atom. The minimum Gasteiger partial charge on any atom is -0.462 e.